The second-order valence-electron chi connectivity index (χ2n) is 8.81. The van der Waals surface area contributed by atoms with Crippen LogP contribution in [0.4, 0.5) is 20.2 Å². The molecule has 0 spiro atoms. The normalized spacial score (nSPS) is 20.5. The van der Waals surface area contributed by atoms with E-state index in [1.165, 1.54) is 13.3 Å². The molecule has 0 unspecified atom stereocenters. The minimum atomic E-state index is -2.96. The number of anilines is 2. The van der Waals surface area contributed by atoms with Crippen LogP contribution in [0, 0.1) is 0 Å². The number of hydrogen-bond acceptors (Lipinski definition) is 6. The topological polar surface area (TPSA) is 97.5 Å². The predicted octanol–water partition coefficient (Wildman–Crippen LogP) is 4.96. The number of halogens is 3. The molecule has 2 aromatic heterocycles. The second kappa shape index (κ2) is 9.59. The summed E-state index contributed by atoms with van der Waals surface area (Å²) in [6.07, 6.45) is 1.91. The van der Waals surface area contributed by atoms with Crippen LogP contribution in [-0.4, -0.2) is 54.3 Å². The average Bonchev–Trinajstić information content (AvgIpc) is 3.36. The summed E-state index contributed by atoms with van der Waals surface area (Å²) in [6, 6.07) is 6.86. The summed E-state index contributed by atoms with van der Waals surface area (Å²) < 4.78 is 44.6. The Labute approximate surface area is 211 Å². The lowest BCUT2D eigenvalue weighted by Crippen LogP contribution is -2.39. The van der Waals surface area contributed by atoms with Gasteiger partial charge in [-0.1, -0.05) is 17.7 Å². The van der Waals surface area contributed by atoms with Gasteiger partial charge < -0.3 is 29.8 Å². The molecule has 0 bridgehead atoms. The van der Waals surface area contributed by atoms with Gasteiger partial charge in [0.05, 0.1) is 47.6 Å². The number of carbonyl (C=O) groups excluding carboxylic acids is 1. The van der Waals surface area contributed by atoms with Crippen LogP contribution in [-0.2, 0) is 11.2 Å². The van der Waals surface area contributed by atoms with E-state index >= 15 is 0 Å². The molecule has 11 heteroatoms. The number of para-hydroxylation sites is 1. The van der Waals surface area contributed by atoms with Crippen LogP contribution in [0.2, 0.25) is 5.02 Å². The first-order valence-electron chi connectivity index (χ1n) is 11.5. The van der Waals surface area contributed by atoms with E-state index in [9.17, 15) is 13.6 Å². The van der Waals surface area contributed by atoms with E-state index in [4.69, 9.17) is 25.8 Å². The molecule has 36 heavy (non-hydrogen) atoms. The zero-order chi connectivity index (χ0) is 25.4. The first kappa shape index (κ1) is 24.3. The van der Waals surface area contributed by atoms with Crippen molar-refractivity contribution in [2.24, 2.45) is 0 Å². The first-order valence-corrected chi connectivity index (χ1v) is 11.9. The number of nitrogens with zero attached hydrogens (tertiary/aromatic N) is 1. The van der Waals surface area contributed by atoms with Crippen LogP contribution in [0.15, 0.2) is 36.7 Å². The zero-order valence-electron chi connectivity index (χ0n) is 19.7. The molecular formula is C25H25ClF2N4O4. The number of aromatic amines is 1. The third-order valence-corrected chi connectivity index (χ3v) is 6.59. The number of fused-ring (bicyclic) bond motifs is 1. The summed E-state index contributed by atoms with van der Waals surface area (Å²) in [5, 5.41) is 6.65. The minimum Gasteiger partial charge on any atom is -0.493 e. The van der Waals surface area contributed by atoms with Crippen molar-refractivity contribution >= 4 is 28.9 Å². The lowest BCUT2D eigenvalue weighted by molar-refractivity contribution is -0.0836. The van der Waals surface area contributed by atoms with E-state index in [1.807, 2.05) is 6.92 Å². The quantitative estimate of drug-likeness (QED) is 0.409. The van der Waals surface area contributed by atoms with Crippen molar-refractivity contribution in [2.45, 2.75) is 37.8 Å². The molecule has 0 aliphatic carbocycles. The maximum atomic E-state index is 14.1. The van der Waals surface area contributed by atoms with Gasteiger partial charge in [0.25, 0.3) is 11.8 Å². The largest absolute Gasteiger partial charge is 0.493 e. The number of methoxy groups -OCH3 is 1. The summed E-state index contributed by atoms with van der Waals surface area (Å²) in [5.74, 6) is -2.52. The highest BCUT2D eigenvalue weighted by molar-refractivity contribution is 6.32. The molecular weight excluding hydrogens is 494 g/mol. The van der Waals surface area contributed by atoms with Crippen LogP contribution in [0.25, 0.3) is 11.3 Å². The van der Waals surface area contributed by atoms with E-state index in [0.29, 0.717) is 45.4 Å². The van der Waals surface area contributed by atoms with Gasteiger partial charge in [-0.2, -0.15) is 0 Å². The average molecular weight is 519 g/mol. The second-order valence-corrected chi connectivity index (χ2v) is 9.21. The predicted molar refractivity (Wildman–Crippen MR) is 131 cm³/mol. The van der Waals surface area contributed by atoms with Gasteiger partial charge >= 0.3 is 0 Å². The number of alkyl halides is 2. The molecule has 2 aliphatic rings. The minimum absolute atomic E-state index is 0.0207. The SMILES string of the molecule is COc1c(Cl)cccc1Nc1c(-c2ccncc2OC[C@@H]2OCCC2(F)F)[nH]c2c1C(=O)N[C@H](C)C2. The number of hydrogen-bond donors (Lipinski definition) is 3. The van der Waals surface area contributed by atoms with Crippen LogP contribution in [0.3, 0.4) is 0 Å². The molecule has 3 N–H and O–H groups in total. The van der Waals surface area contributed by atoms with E-state index in [-0.39, 0.29) is 37.3 Å². The third kappa shape index (κ3) is 4.46. The number of nitrogens with one attached hydrogen (secondary N) is 3. The van der Waals surface area contributed by atoms with Crippen LogP contribution < -0.4 is 20.1 Å². The Balaban J connectivity index is 1.58. The van der Waals surface area contributed by atoms with Crippen molar-refractivity contribution in [1.82, 2.24) is 15.3 Å². The Morgan fingerprint density at radius 2 is 2.17 bits per heavy atom. The molecule has 4 heterocycles. The molecule has 1 saturated heterocycles. The molecule has 8 nitrogen and oxygen atoms in total. The summed E-state index contributed by atoms with van der Waals surface area (Å²) >= 11 is 6.32. The van der Waals surface area contributed by atoms with E-state index in [1.54, 1.807) is 30.5 Å². The lowest BCUT2D eigenvalue weighted by Gasteiger charge is -2.21. The molecule has 2 aliphatic heterocycles. The van der Waals surface area contributed by atoms with Crippen molar-refractivity contribution in [2.75, 3.05) is 25.6 Å². The number of H-pyrrole nitrogens is 1. The van der Waals surface area contributed by atoms with Gasteiger partial charge in [-0.15, -0.1) is 0 Å². The highest BCUT2D eigenvalue weighted by Crippen LogP contribution is 2.43. The van der Waals surface area contributed by atoms with Crippen molar-refractivity contribution < 1.29 is 27.8 Å². The molecule has 2 atom stereocenters. The number of pyridine rings is 1. The first-order chi connectivity index (χ1) is 17.3. The Morgan fingerprint density at radius 3 is 2.92 bits per heavy atom. The fraction of sp³-hybridized carbons (Fsp3) is 0.360. The fourth-order valence-electron chi connectivity index (χ4n) is 4.54. The highest BCUT2D eigenvalue weighted by atomic mass is 35.5. The number of aromatic nitrogens is 2. The molecule has 0 radical (unpaired) electrons. The number of rotatable bonds is 7. The van der Waals surface area contributed by atoms with E-state index < -0.39 is 12.0 Å². The molecule has 1 amide bonds. The Hall–Kier alpha value is -3.37. The Kier molecular flexibility index (Phi) is 6.48. The van der Waals surface area contributed by atoms with Gasteiger partial charge in [-0.05, 0) is 25.1 Å². The summed E-state index contributed by atoms with van der Waals surface area (Å²) in [5.41, 5.74) is 3.30. The van der Waals surface area contributed by atoms with Crippen molar-refractivity contribution in [3.63, 3.8) is 0 Å². The van der Waals surface area contributed by atoms with Gasteiger partial charge in [-0.25, -0.2) is 8.78 Å². The van der Waals surface area contributed by atoms with Crippen molar-refractivity contribution in [3.05, 3.63) is 52.9 Å². The summed E-state index contributed by atoms with van der Waals surface area (Å²) in [4.78, 5) is 20.5. The van der Waals surface area contributed by atoms with Gasteiger partial charge in [0.2, 0.25) is 0 Å². The van der Waals surface area contributed by atoms with Crippen molar-refractivity contribution in [1.29, 1.82) is 0 Å². The molecule has 1 aromatic carbocycles. The Bertz CT molecular complexity index is 1300. The molecule has 190 valence electrons. The maximum absolute atomic E-state index is 14.1. The smallest absolute Gasteiger partial charge is 0.279 e. The number of benzene rings is 1. The van der Waals surface area contributed by atoms with Crippen LogP contribution >= 0.6 is 11.6 Å². The Morgan fingerprint density at radius 1 is 1.33 bits per heavy atom. The number of carbonyl (C=O) groups is 1. The van der Waals surface area contributed by atoms with Crippen LogP contribution in [0.5, 0.6) is 11.5 Å². The van der Waals surface area contributed by atoms with Gasteiger partial charge in [0.1, 0.15) is 12.4 Å². The summed E-state index contributed by atoms with van der Waals surface area (Å²) in [7, 11) is 1.50. The van der Waals surface area contributed by atoms with Crippen LogP contribution in [0.1, 0.15) is 29.4 Å². The maximum Gasteiger partial charge on any atom is 0.279 e. The monoisotopic (exact) mass is 518 g/mol. The zero-order valence-corrected chi connectivity index (χ0v) is 20.4. The van der Waals surface area contributed by atoms with E-state index in [2.05, 4.69) is 20.6 Å². The van der Waals surface area contributed by atoms with Gasteiger partial charge in [0.15, 0.2) is 11.9 Å². The van der Waals surface area contributed by atoms with E-state index in [0.717, 1.165) is 5.69 Å². The number of ether oxygens (including phenoxy) is 3. The van der Waals surface area contributed by atoms with Gasteiger partial charge in [0, 0.05) is 36.3 Å². The molecule has 5 rings (SSSR count). The molecule has 3 aromatic rings. The molecule has 1 fully saturated rings. The number of amides is 1. The standard InChI is InChI=1S/C25H25ClF2N4O4/c1-13-10-17-20(24(33)30-13)22(31-16-5-3-4-15(26)23(16)34-2)21(32-17)14-6-8-29-11-18(14)36-12-19-25(27,28)7-9-35-19/h3-6,8,11,13,19,31-32H,7,9-10,12H2,1-2H3,(H,30,33)/t13-,19+/m1/s1. The highest BCUT2D eigenvalue weighted by Gasteiger charge is 2.46. The van der Waals surface area contributed by atoms with Crippen molar-refractivity contribution in [3.8, 4) is 22.8 Å². The van der Waals surface area contributed by atoms with Gasteiger partial charge in [-0.3, -0.25) is 9.78 Å². The molecule has 0 saturated carbocycles. The fourth-order valence-corrected chi connectivity index (χ4v) is 4.79. The lowest BCUT2D eigenvalue weighted by atomic mass is 10.0. The summed E-state index contributed by atoms with van der Waals surface area (Å²) in [6.45, 7) is 1.55. The third-order valence-electron chi connectivity index (χ3n) is 6.29.